The van der Waals surface area contributed by atoms with E-state index in [1.807, 2.05) is 36.4 Å². The van der Waals surface area contributed by atoms with Crippen molar-refractivity contribution in [2.75, 3.05) is 13.7 Å². The summed E-state index contributed by atoms with van der Waals surface area (Å²) < 4.78 is 10.4. The van der Waals surface area contributed by atoms with Gasteiger partial charge >= 0.3 is 5.97 Å². The van der Waals surface area contributed by atoms with Crippen LogP contribution in [0.4, 0.5) is 0 Å². The van der Waals surface area contributed by atoms with Crippen LogP contribution in [-0.4, -0.2) is 24.8 Å². The number of carbonyl (C=O) groups excluding carboxylic acids is 1. The Bertz CT molecular complexity index is 590. The smallest absolute Gasteiger partial charge is 0.338 e. The molecule has 0 unspecified atom stereocenters. The van der Waals surface area contributed by atoms with E-state index in [9.17, 15) is 4.79 Å². The maximum atomic E-state index is 11.7. The largest absolute Gasteiger partial charge is 0.489 e. The number of esters is 1. The lowest BCUT2D eigenvalue weighted by atomic mass is 10.1. The summed E-state index contributed by atoms with van der Waals surface area (Å²) in [5.74, 6) is 0.351. The van der Waals surface area contributed by atoms with Crippen LogP contribution in [0.25, 0.3) is 0 Å². The normalized spacial score (nSPS) is 10.2. The number of methoxy groups -OCH3 is 1. The van der Waals surface area contributed by atoms with Gasteiger partial charge in [-0.2, -0.15) is 0 Å². The first kappa shape index (κ1) is 15.1. The van der Waals surface area contributed by atoms with Crippen molar-refractivity contribution in [3.63, 3.8) is 0 Å². The van der Waals surface area contributed by atoms with Gasteiger partial charge in [-0.05, 0) is 30.2 Å². The summed E-state index contributed by atoms with van der Waals surface area (Å²) in [5.41, 5.74) is 2.35. The van der Waals surface area contributed by atoms with Crippen molar-refractivity contribution in [3.8, 4) is 5.75 Å². The molecule has 0 amide bonds. The molecule has 2 aromatic carbocycles. The molecule has 2 rings (SSSR count). The van der Waals surface area contributed by atoms with Gasteiger partial charge < -0.3 is 14.6 Å². The highest BCUT2D eigenvalue weighted by Gasteiger charge is 2.11. The fourth-order valence-electron chi connectivity index (χ4n) is 2.00. The van der Waals surface area contributed by atoms with Crippen LogP contribution in [0.1, 0.15) is 21.5 Å². The van der Waals surface area contributed by atoms with Gasteiger partial charge in [0, 0.05) is 12.2 Å². The molecule has 21 heavy (non-hydrogen) atoms. The van der Waals surface area contributed by atoms with Gasteiger partial charge in [-0.1, -0.05) is 30.3 Å². The molecule has 110 valence electrons. The van der Waals surface area contributed by atoms with E-state index in [-0.39, 0.29) is 12.6 Å². The Hall–Kier alpha value is -2.33. The molecule has 0 aliphatic rings. The van der Waals surface area contributed by atoms with E-state index in [2.05, 4.69) is 0 Å². The summed E-state index contributed by atoms with van der Waals surface area (Å²) in [6, 6.07) is 14.7. The first-order chi connectivity index (χ1) is 10.2. The lowest BCUT2D eigenvalue weighted by Gasteiger charge is -2.10. The quantitative estimate of drug-likeness (QED) is 0.829. The molecule has 0 aromatic heterocycles. The number of aliphatic hydroxyl groups excluding tert-OH is 1. The molecule has 2 aromatic rings. The zero-order valence-corrected chi connectivity index (χ0v) is 11.9. The lowest BCUT2D eigenvalue weighted by molar-refractivity contribution is 0.0597. The Morgan fingerprint density at radius 3 is 2.48 bits per heavy atom. The first-order valence-electron chi connectivity index (χ1n) is 6.73. The Balaban J connectivity index is 2.04. The van der Waals surface area contributed by atoms with Crippen LogP contribution >= 0.6 is 0 Å². The van der Waals surface area contributed by atoms with E-state index in [0.717, 1.165) is 16.9 Å². The number of hydrogen-bond donors (Lipinski definition) is 1. The zero-order chi connectivity index (χ0) is 15.1. The second kappa shape index (κ2) is 7.45. The molecule has 0 heterocycles. The number of ether oxygens (including phenoxy) is 2. The van der Waals surface area contributed by atoms with E-state index in [1.165, 1.54) is 7.11 Å². The Kier molecular flexibility index (Phi) is 5.35. The van der Waals surface area contributed by atoms with Crippen LogP contribution in [0.15, 0.2) is 48.5 Å². The first-order valence-corrected chi connectivity index (χ1v) is 6.73. The fourth-order valence-corrected chi connectivity index (χ4v) is 2.00. The second-order valence-electron chi connectivity index (χ2n) is 4.55. The highest BCUT2D eigenvalue weighted by molar-refractivity contribution is 5.90. The van der Waals surface area contributed by atoms with Gasteiger partial charge in [0.1, 0.15) is 12.4 Å². The summed E-state index contributed by atoms with van der Waals surface area (Å²) in [5, 5.41) is 8.87. The minimum absolute atomic E-state index is 0.132. The molecule has 4 nitrogen and oxygen atoms in total. The van der Waals surface area contributed by atoms with E-state index in [4.69, 9.17) is 14.6 Å². The van der Waals surface area contributed by atoms with E-state index >= 15 is 0 Å². The number of hydrogen-bond acceptors (Lipinski definition) is 4. The molecule has 0 spiro atoms. The van der Waals surface area contributed by atoms with Gasteiger partial charge in [-0.15, -0.1) is 0 Å². The molecule has 4 heteroatoms. The Morgan fingerprint density at radius 1 is 1.10 bits per heavy atom. The average Bonchev–Trinajstić information content (AvgIpc) is 2.54. The predicted molar refractivity (Wildman–Crippen MR) is 79.3 cm³/mol. The molecule has 0 aliphatic carbocycles. The van der Waals surface area contributed by atoms with Crippen LogP contribution in [0.3, 0.4) is 0 Å². The van der Waals surface area contributed by atoms with E-state index in [0.29, 0.717) is 18.6 Å². The van der Waals surface area contributed by atoms with Crippen molar-refractivity contribution in [1.82, 2.24) is 0 Å². The summed E-state index contributed by atoms with van der Waals surface area (Å²) in [7, 11) is 1.36. The monoisotopic (exact) mass is 286 g/mol. The standard InChI is InChI=1S/C17H18O4/c1-20-17(19)16-5-3-2-4-14(16)12-21-15-8-6-13(7-9-15)10-11-18/h2-9,18H,10-12H2,1H3. The molecule has 0 radical (unpaired) electrons. The third-order valence-electron chi connectivity index (χ3n) is 3.14. The van der Waals surface area contributed by atoms with Gasteiger partial charge in [0.05, 0.1) is 12.7 Å². The SMILES string of the molecule is COC(=O)c1ccccc1COc1ccc(CCO)cc1. The zero-order valence-electron chi connectivity index (χ0n) is 11.9. The van der Waals surface area contributed by atoms with Crippen LogP contribution in [-0.2, 0) is 17.8 Å². The summed E-state index contributed by atoms with van der Waals surface area (Å²) in [6.07, 6.45) is 0.630. The maximum absolute atomic E-state index is 11.7. The predicted octanol–water partition coefficient (Wildman–Crippen LogP) is 2.59. The molecule has 0 fully saturated rings. The van der Waals surface area contributed by atoms with Gasteiger partial charge in [-0.3, -0.25) is 0 Å². The van der Waals surface area contributed by atoms with Gasteiger partial charge in [-0.25, -0.2) is 4.79 Å². The number of aliphatic hydroxyl groups is 1. The van der Waals surface area contributed by atoms with Crippen LogP contribution < -0.4 is 4.74 Å². The molecule has 1 N–H and O–H groups in total. The molecule has 0 saturated carbocycles. The van der Waals surface area contributed by atoms with E-state index < -0.39 is 0 Å². The van der Waals surface area contributed by atoms with Gasteiger partial charge in [0.2, 0.25) is 0 Å². The number of carbonyl (C=O) groups is 1. The fraction of sp³-hybridized carbons (Fsp3) is 0.235. The molecule has 0 saturated heterocycles. The number of benzene rings is 2. The average molecular weight is 286 g/mol. The van der Waals surface area contributed by atoms with Crippen molar-refractivity contribution >= 4 is 5.97 Å². The maximum Gasteiger partial charge on any atom is 0.338 e. The van der Waals surface area contributed by atoms with Crippen LogP contribution in [0.2, 0.25) is 0 Å². The number of rotatable bonds is 6. The lowest BCUT2D eigenvalue weighted by Crippen LogP contribution is -2.07. The molecular formula is C17H18O4. The topological polar surface area (TPSA) is 55.8 Å². The van der Waals surface area contributed by atoms with Crippen molar-refractivity contribution in [2.24, 2.45) is 0 Å². The minimum Gasteiger partial charge on any atom is -0.489 e. The summed E-state index contributed by atoms with van der Waals surface area (Å²) in [6.45, 7) is 0.428. The third kappa shape index (κ3) is 4.07. The van der Waals surface area contributed by atoms with Crippen molar-refractivity contribution in [1.29, 1.82) is 0 Å². The van der Waals surface area contributed by atoms with Crippen LogP contribution in [0, 0.1) is 0 Å². The van der Waals surface area contributed by atoms with Gasteiger partial charge in [0.15, 0.2) is 0 Å². The van der Waals surface area contributed by atoms with Gasteiger partial charge in [0.25, 0.3) is 0 Å². The third-order valence-corrected chi connectivity index (χ3v) is 3.14. The van der Waals surface area contributed by atoms with Crippen molar-refractivity contribution < 1.29 is 19.4 Å². The van der Waals surface area contributed by atoms with Crippen molar-refractivity contribution in [3.05, 3.63) is 65.2 Å². The van der Waals surface area contributed by atoms with Crippen molar-refractivity contribution in [2.45, 2.75) is 13.0 Å². The summed E-state index contributed by atoms with van der Waals surface area (Å²) >= 11 is 0. The molecule has 0 bridgehead atoms. The molecular weight excluding hydrogens is 268 g/mol. The molecule has 0 aliphatic heterocycles. The minimum atomic E-state index is -0.368. The second-order valence-corrected chi connectivity index (χ2v) is 4.55. The highest BCUT2D eigenvalue weighted by atomic mass is 16.5. The molecule has 0 atom stereocenters. The Morgan fingerprint density at radius 2 is 1.81 bits per heavy atom. The highest BCUT2D eigenvalue weighted by Crippen LogP contribution is 2.17. The Labute approximate surface area is 123 Å². The van der Waals surface area contributed by atoms with E-state index in [1.54, 1.807) is 12.1 Å². The van der Waals surface area contributed by atoms with Crippen LogP contribution in [0.5, 0.6) is 5.75 Å². The summed E-state index contributed by atoms with van der Waals surface area (Å²) in [4.78, 5) is 11.7.